The SMILES string of the molecule is CC(C)n1c(C2CCCCS2)nc2cc(CN)ccc21. The summed E-state index contributed by atoms with van der Waals surface area (Å²) in [6.07, 6.45) is 3.93. The lowest BCUT2D eigenvalue weighted by Crippen LogP contribution is -2.12. The van der Waals surface area contributed by atoms with Crippen molar-refractivity contribution in [2.75, 3.05) is 5.75 Å². The highest BCUT2D eigenvalue weighted by Gasteiger charge is 2.24. The Morgan fingerprint density at radius 2 is 2.25 bits per heavy atom. The molecule has 1 unspecified atom stereocenters. The van der Waals surface area contributed by atoms with Gasteiger partial charge in [0.05, 0.1) is 16.3 Å². The summed E-state index contributed by atoms with van der Waals surface area (Å²) in [7, 11) is 0. The van der Waals surface area contributed by atoms with E-state index in [1.54, 1.807) is 0 Å². The molecule has 2 aromatic rings. The van der Waals surface area contributed by atoms with Crippen LogP contribution in [0.1, 0.15) is 55.8 Å². The molecule has 1 aromatic carbocycles. The van der Waals surface area contributed by atoms with E-state index in [4.69, 9.17) is 10.7 Å². The number of hydrogen-bond donors (Lipinski definition) is 1. The Hall–Kier alpha value is -1.00. The van der Waals surface area contributed by atoms with Gasteiger partial charge in [0.25, 0.3) is 0 Å². The molecule has 1 aliphatic rings. The second kappa shape index (κ2) is 5.78. The van der Waals surface area contributed by atoms with Crippen LogP contribution in [-0.4, -0.2) is 15.3 Å². The molecule has 3 rings (SSSR count). The first-order valence-corrected chi connectivity index (χ1v) is 8.58. The zero-order valence-corrected chi connectivity index (χ0v) is 13.1. The van der Waals surface area contributed by atoms with Gasteiger partial charge in [-0.3, -0.25) is 0 Å². The fraction of sp³-hybridized carbons (Fsp3) is 0.562. The van der Waals surface area contributed by atoms with E-state index in [1.165, 1.54) is 36.4 Å². The van der Waals surface area contributed by atoms with Crippen LogP contribution in [0.4, 0.5) is 0 Å². The predicted octanol–water partition coefficient (Wildman–Crippen LogP) is 4.03. The van der Waals surface area contributed by atoms with E-state index >= 15 is 0 Å². The molecule has 1 aromatic heterocycles. The van der Waals surface area contributed by atoms with Crippen molar-refractivity contribution in [3.05, 3.63) is 29.6 Å². The van der Waals surface area contributed by atoms with Crippen LogP contribution in [-0.2, 0) is 6.54 Å². The van der Waals surface area contributed by atoms with Gasteiger partial charge in [0.1, 0.15) is 5.82 Å². The van der Waals surface area contributed by atoms with Crippen LogP contribution in [0.5, 0.6) is 0 Å². The Labute approximate surface area is 124 Å². The summed E-state index contributed by atoms with van der Waals surface area (Å²) in [5.41, 5.74) is 9.26. The zero-order chi connectivity index (χ0) is 14.1. The maximum atomic E-state index is 5.75. The molecule has 0 bridgehead atoms. The molecule has 0 radical (unpaired) electrons. The number of aromatic nitrogens is 2. The minimum absolute atomic E-state index is 0.446. The quantitative estimate of drug-likeness (QED) is 0.927. The van der Waals surface area contributed by atoms with Crippen LogP contribution in [0, 0.1) is 0 Å². The highest BCUT2D eigenvalue weighted by Crippen LogP contribution is 2.40. The number of imidazole rings is 1. The average molecular weight is 289 g/mol. The normalized spacial score (nSPS) is 19.9. The Morgan fingerprint density at radius 1 is 1.40 bits per heavy atom. The number of hydrogen-bond acceptors (Lipinski definition) is 3. The first-order valence-electron chi connectivity index (χ1n) is 7.53. The van der Waals surface area contributed by atoms with Crippen molar-refractivity contribution in [1.82, 2.24) is 9.55 Å². The number of nitrogens with zero attached hydrogens (tertiary/aromatic N) is 2. The van der Waals surface area contributed by atoms with E-state index in [0.29, 0.717) is 17.8 Å². The number of thioether (sulfide) groups is 1. The van der Waals surface area contributed by atoms with Gasteiger partial charge >= 0.3 is 0 Å². The summed E-state index contributed by atoms with van der Waals surface area (Å²) in [5, 5.41) is 0.555. The summed E-state index contributed by atoms with van der Waals surface area (Å²) < 4.78 is 2.42. The number of nitrogens with two attached hydrogens (primary N) is 1. The summed E-state index contributed by atoms with van der Waals surface area (Å²) in [4.78, 5) is 4.95. The maximum Gasteiger partial charge on any atom is 0.123 e. The Balaban J connectivity index is 2.11. The van der Waals surface area contributed by atoms with Gasteiger partial charge in [0.2, 0.25) is 0 Å². The van der Waals surface area contributed by atoms with Crippen molar-refractivity contribution in [3.8, 4) is 0 Å². The monoisotopic (exact) mass is 289 g/mol. The van der Waals surface area contributed by atoms with Crippen molar-refractivity contribution in [1.29, 1.82) is 0 Å². The van der Waals surface area contributed by atoms with Crippen molar-refractivity contribution in [2.45, 2.75) is 50.9 Å². The first-order chi connectivity index (χ1) is 9.70. The van der Waals surface area contributed by atoms with Gasteiger partial charge < -0.3 is 10.3 Å². The van der Waals surface area contributed by atoms with Gasteiger partial charge in [-0.1, -0.05) is 12.5 Å². The molecule has 0 aliphatic carbocycles. The summed E-state index contributed by atoms with van der Waals surface area (Å²) in [6.45, 7) is 5.07. The highest BCUT2D eigenvalue weighted by molar-refractivity contribution is 7.99. The molecule has 1 fully saturated rings. The molecule has 20 heavy (non-hydrogen) atoms. The third-order valence-electron chi connectivity index (χ3n) is 4.00. The van der Waals surface area contributed by atoms with E-state index < -0.39 is 0 Å². The van der Waals surface area contributed by atoms with Crippen molar-refractivity contribution in [2.24, 2.45) is 5.73 Å². The summed E-state index contributed by atoms with van der Waals surface area (Å²) >= 11 is 2.07. The molecule has 108 valence electrons. The van der Waals surface area contributed by atoms with E-state index in [2.05, 4.69) is 48.4 Å². The van der Waals surface area contributed by atoms with Crippen LogP contribution in [0.3, 0.4) is 0 Å². The van der Waals surface area contributed by atoms with Gasteiger partial charge in [-0.05, 0) is 50.1 Å². The minimum Gasteiger partial charge on any atom is -0.326 e. The molecule has 1 aliphatic heterocycles. The smallest absolute Gasteiger partial charge is 0.123 e. The first kappa shape index (κ1) is 14.0. The second-order valence-corrected chi connectivity index (χ2v) is 7.13. The molecule has 0 saturated carbocycles. The standard InChI is InChI=1S/C16H23N3S/c1-11(2)19-14-7-6-12(10-17)9-13(14)18-16(19)15-5-3-4-8-20-15/h6-7,9,11,15H,3-5,8,10,17H2,1-2H3. The fourth-order valence-electron chi connectivity index (χ4n) is 3.00. The van der Waals surface area contributed by atoms with Crippen LogP contribution >= 0.6 is 11.8 Å². The van der Waals surface area contributed by atoms with Crippen LogP contribution < -0.4 is 5.73 Å². The maximum absolute atomic E-state index is 5.75. The molecular formula is C16H23N3S. The molecule has 0 amide bonds. The molecule has 2 heterocycles. The molecule has 2 N–H and O–H groups in total. The van der Waals surface area contributed by atoms with Gasteiger partial charge in [-0.15, -0.1) is 0 Å². The Kier molecular flexibility index (Phi) is 4.03. The number of benzene rings is 1. The van der Waals surface area contributed by atoms with E-state index in [0.717, 1.165) is 11.1 Å². The Morgan fingerprint density at radius 3 is 2.90 bits per heavy atom. The predicted molar refractivity (Wildman–Crippen MR) is 87.1 cm³/mol. The fourth-order valence-corrected chi connectivity index (χ4v) is 4.31. The Bertz CT molecular complexity index is 597. The van der Waals surface area contributed by atoms with Gasteiger partial charge in [0.15, 0.2) is 0 Å². The third kappa shape index (κ3) is 2.47. The highest BCUT2D eigenvalue weighted by atomic mass is 32.2. The third-order valence-corrected chi connectivity index (χ3v) is 5.37. The summed E-state index contributed by atoms with van der Waals surface area (Å²) in [6, 6.07) is 6.90. The lowest BCUT2D eigenvalue weighted by Gasteiger charge is -2.23. The van der Waals surface area contributed by atoms with Crippen LogP contribution in [0.15, 0.2) is 18.2 Å². The van der Waals surface area contributed by atoms with E-state index in [9.17, 15) is 0 Å². The molecule has 1 saturated heterocycles. The zero-order valence-electron chi connectivity index (χ0n) is 12.3. The molecular weight excluding hydrogens is 266 g/mol. The van der Waals surface area contributed by atoms with Crippen molar-refractivity contribution >= 4 is 22.8 Å². The van der Waals surface area contributed by atoms with Crippen LogP contribution in [0.2, 0.25) is 0 Å². The van der Waals surface area contributed by atoms with E-state index in [1.807, 2.05) is 0 Å². The molecule has 0 spiro atoms. The lowest BCUT2D eigenvalue weighted by molar-refractivity contribution is 0.559. The minimum atomic E-state index is 0.446. The van der Waals surface area contributed by atoms with Gasteiger partial charge in [-0.2, -0.15) is 11.8 Å². The number of fused-ring (bicyclic) bond motifs is 1. The van der Waals surface area contributed by atoms with Crippen LogP contribution in [0.25, 0.3) is 11.0 Å². The summed E-state index contributed by atoms with van der Waals surface area (Å²) in [5.74, 6) is 2.52. The van der Waals surface area contributed by atoms with Gasteiger partial charge in [0, 0.05) is 12.6 Å². The molecule has 3 nitrogen and oxygen atoms in total. The van der Waals surface area contributed by atoms with Crippen molar-refractivity contribution < 1.29 is 0 Å². The van der Waals surface area contributed by atoms with E-state index in [-0.39, 0.29) is 0 Å². The lowest BCUT2D eigenvalue weighted by atomic mass is 10.1. The second-order valence-electron chi connectivity index (χ2n) is 5.82. The topological polar surface area (TPSA) is 43.8 Å². The number of rotatable bonds is 3. The van der Waals surface area contributed by atoms with Gasteiger partial charge in [-0.25, -0.2) is 4.98 Å². The van der Waals surface area contributed by atoms with Crippen molar-refractivity contribution in [3.63, 3.8) is 0 Å². The molecule has 1 atom stereocenters. The average Bonchev–Trinajstić information content (AvgIpc) is 2.86. The molecule has 4 heteroatoms. The largest absolute Gasteiger partial charge is 0.326 e.